The van der Waals surface area contributed by atoms with E-state index in [1.54, 1.807) is 31.4 Å². The van der Waals surface area contributed by atoms with Gasteiger partial charge in [0.15, 0.2) is 0 Å². The first kappa shape index (κ1) is 12.3. The summed E-state index contributed by atoms with van der Waals surface area (Å²) < 4.78 is 18.6. The zero-order valence-electron chi connectivity index (χ0n) is 9.28. The van der Waals surface area contributed by atoms with Crippen molar-refractivity contribution in [2.45, 2.75) is 19.4 Å². The van der Waals surface area contributed by atoms with Crippen LogP contribution in [0.5, 0.6) is 0 Å². The van der Waals surface area contributed by atoms with Gasteiger partial charge in [-0.1, -0.05) is 6.07 Å². The van der Waals surface area contributed by atoms with Gasteiger partial charge in [0.2, 0.25) is 0 Å². The van der Waals surface area contributed by atoms with Crippen molar-refractivity contribution in [3.63, 3.8) is 0 Å². The van der Waals surface area contributed by atoms with Crippen LogP contribution >= 0.6 is 15.9 Å². The molecule has 0 fully saturated rings. The van der Waals surface area contributed by atoms with E-state index in [1.165, 1.54) is 6.07 Å². The zero-order valence-corrected chi connectivity index (χ0v) is 10.9. The molecule has 1 heterocycles. The summed E-state index contributed by atoms with van der Waals surface area (Å²) in [6.45, 7) is 1.80. The predicted molar refractivity (Wildman–Crippen MR) is 66.2 cm³/mol. The summed E-state index contributed by atoms with van der Waals surface area (Å²) in [6.07, 6.45) is 1.35. The van der Waals surface area contributed by atoms with Crippen molar-refractivity contribution in [3.05, 3.63) is 57.7 Å². The van der Waals surface area contributed by atoms with Crippen molar-refractivity contribution in [1.29, 1.82) is 0 Å². The number of benzene rings is 1. The quantitative estimate of drug-likeness (QED) is 0.936. The molecule has 1 unspecified atom stereocenters. The smallest absolute Gasteiger partial charge is 0.137 e. The van der Waals surface area contributed by atoms with Crippen molar-refractivity contribution in [3.8, 4) is 0 Å². The van der Waals surface area contributed by atoms with Crippen molar-refractivity contribution >= 4 is 15.9 Å². The minimum Gasteiger partial charge on any atom is -0.469 e. The summed E-state index contributed by atoms with van der Waals surface area (Å²) in [4.78, 5) is 0. The molecule has 2 rings (SSSR count). The second kappa shape index (κ2) is 5.02. The van der Waals surface area contributed by atoms with Gasteiger partial charge in [-0.15, -0.1) is 0 Å². The highest BCUT2D eigenvalue weighted by Gasteiger charge is 2.13. The highest BCUT2D eigenvalue weighted by atomic mass is 79.9. The van der Waals surface area contributed by atoms with Crippen LogP contribution in [0.3, 0.4) is 0 Å². The molecule has 0 aliphatic heterocycles. The molecule has 2 aromatic rings. The first-order valence-electron chi connectivity index (χ1n) is 5.24. The first-order valence-corrected chi connectivity index (χ1v) is 6.03. The molecular weight excluding hydrogens is 287 g/mol. The molecule has 4 heteroatoms. The molecule has 0 aliphatic carbocycles. The number of aliphatic hydroxyl groups is 1. The maximum absolute atomic E-state index is 13.0. The second-order valence-corrected chi connectivity index (χ2v) is 4.75. The van der Waals surface area contributed by atoms with Gasteiger partial charge in [-0.2, -0.15) is 0 Å². The Balaban J connectivity index is 2.16. The standard InChI is InChI=1S/C13H12BrFO2/c1-8-10(4-5-17-8)13(16)7-9-2-3-12(15)11(14)6-9/h2-6,13,16H,7H2,1H3. The van der Waals surface area contributed by atoms with Gasteiger partial charge in [-0.05, 0) is 46.6 Å². The molecule has 0 spiro atoms. The third-order valence-electron chi connectivity index (χ3n) is 2.67. The van der Waals surface area contributed by atoms with Crippen molar-refractivity contribution in [2.75, 3.05) is 0 Å². The highest BCUT2D eigenvalue weighted by molar-refractivity contribution is 9.10. The lowest BCUT2D eigenvalue weighted by Crippen LogP contribution is -2.02. The van der Waals surface area contributed by atoms with Crippen LogP contribution in [0, 0.1) is 12.7 Å². The van der Waals surface area contributed by atoms with Crippen molar-refractivity contribution in [2.24, 2.45) is 0 Å². The van der Waals surface area contributed by atoms with Crippen molar-refractivity contribution in [1.82, 2.24) is 0 Å². The van der Waals surface area contributed by atoms with Gasteiger partial charge < -0.3 is 9.52 Å². The van der Waals surface area contributed by atoms with E-state index in [9.17, 15) is 9.50 Å². The van der Waals surface area contributed by atoms with Gasteiger partial charge >= 0.3 is 0 Å². The van der Waals surface area contributed by atoms with Gasteiger partial charge in [0.25, 0.3) is 0 Å². The molecule has 0 radical (unpaired) electrons. The van der Waals surface area contributed by atoms with E-state index >= 15 is 0 Å². The van der Waals surface area contributed by atoms with Gasteiger partial charge in [0.05, 0.1) is 16.8 Å². The maximum Gasteiger partial charge on any atom is 0.137 e. The molecule has 0 saturated heterocycles. The Kier molecular flexibility index (Phi) is 3.64. The third-order valence-corrected chi connectivity index (χ3v) is 3.28. The average molecular weight is 299 g/mol. The Hall–Kier alpha value is -1.13. The van der Waals surface area contributed by atoms with E-state index in [0.717, 1.165) is 11.1 Å². The van der Waals surface area contributed by atoms with Crippen LogP contribution in [0.2, 0.25) is 0 Å². The number of hydrogen-bond donors (Lipinski definition) is 1. The number of halogens is 2. The SMILES string of the molecule is Cc1occc1C(O)Cc1ccc(F)c(Br)c1. The molecule has 2 nitrogen and oxygen atoms in total. The van der Waals surface area contributed by atoms with Crippen LogP contribution in [0.25, 0.3) is 0 Å². The minimum absolute atomic E-state index is 0.303. The van der Waals surface area contributed by atoms with E-state index in [1.807, 2.05) is 0 Å². The molecule has 0 saturated carbocycles. The number of hydrogen-bond acceptors (Lipinski definition) is 2. The monoisotopic (exact) mass is 298 g/mol. The van der Waals surface area contributed by atoms with E-state index in [2.05, 4.69) is 15.9 Å². The largest absolute Gasteiger partial charge is 0.469 e. The topological polar surface area (TPSA) is 33.4 Å². The fraction of sp³-hybridized carbons (Fsp3) is 0.231. The first-order chi connectivity index (χ1) is 8.08. The molecule has 1 aromatic heterocycles. The number of aryl methyl sites for hydroxylation is 1. The number of aliphatic hydroxyl groups excluding tert-OH is 1. The van der Waals surface area contributed by atoms with Gasteiger partial charge in [-0.25, -0.2) is 4.39 Å². The summed E-state index contributed by atoms with van der Waals surface area (Å²) in [7, 11) is 0. The fourth-order valence-corrected chi connectivity index (χ4v) is 2.17. The molecule has 1 N–H and O–H groups in total. The van der Waals surface area contributed by atoms with E-state index in [-0.39, 0.29) is 5.82 Å². The van der Waals surface area contributed by atoms with Gasteiger partial charge in [0, 0.05) is 12.0 Å². The lowest BCUT2D eigenvalue weighted by atomic mass is 10.0. The van der Waals surface area contributed by atoms with E-state index in [0.29, 0.717) is 16.7 Å². The summed E-state index contributed by atoms with van der Waals surface area (Å²) in [5.74, 6) is 0.404. The van der Waals surface area contributed by atoms with Crippen LogP contribution in [0.1, 0.15) is 23.0 Å². The highest BCUT2D eigenvalue weighted by Crippen LogP contribution is 2.24. The minimum atomic E-state index is -0.633. The van der Waals surface area contributed by atoms with Crippen molar-refractivity contribution < 1.29 is 13.9 Å². The predicted octanol–water partition coefficient (Wildman–Crippen LogP) is 3.77. The van der Waals surface area contributed by atoms with Crippen LogP contribution < -0.4 is 0 Å². The molecule has 0 aliphatic rings. The number of furan rings is 1. The Labute approximate surface area is 107 Å². The van der Waals surface area contributed by atoms with Crippen LogP contribution in [0.4, 0.5) is 4.39 Å². The molecule has 17 heavy (non-hydrogen) atoms. The zero-order chi connectivity index (χ0) is 12.4. The second-order valence-electron chi connectivity index (χ2n) is 3.90. The normalized spacial score (nSPS) is 12.7. The summed E-state index contributed by atoms with van der Waals surface area (Å²) in [6, 6.07) is 6.47. The maximum atomic E-state index is 13.0. The van der Waals surface area contributed by atoms with Gasteiger partial charge in [-0.3, -0.25) is 0 Å². The fourth-order valence-electron chi connectivity index (χ4n) is 1.74. The molecular formula is C13H12BrFO2. The lowest BCUT2D eigenvalue weighted by Gasteiger charge is -2.10. The lowest BCUT2D eigenvalue weighted by molar-refractivity contribution is 0.176. The van der Waals surface area contributed by atoms with Crippen LogP contribution in [-0.4, -0.2) is 5.11 Å². The molecule has 0 amide bonds. The molecule has 1 atom stereocenters. The molecule has 1 aromatic carbocycles. The van der Waals surface area contributed by atoms with E-state index in [4.69, 9.17) is 4.42 Å². The summed E-state index contributed by atoms with van der Waals surface area (Å²) in [5.41, 5.74) is 1.64. The Morgan fingerprint density at radius 1 is 1.41 bits per heavy atom. The average Bonchev–Trinajstić information content (AvgIpc) is 2.70. The summed E-state index contributed by atoms with van der Waals surface area (Å²) in [5, 5.41) is 10.0. The van der Waals surface area contributed by atoms with E-state index < -0.39 is 6.10 Å². The van der Waals surface area contributed by atoms with Crippen LogP contribution in [0.15, 0.2) is 39.4 Å². The Morgan fingerprint density at radius 3 is 2.76 bits per heavy atom. The Bertz CT molecular complexity index is 522. The molecule has 90 valence electrons. The van der Waals surface area contributed by atoms with Gasteiger partial charge in [0.1, 0.15) is 11.6 Å². The number of rotatable bonds is 3. The van der Waals surface area contributed by atoms with Crippen LogP contribution in [-0.2, 0) is 6.42 Å². The third kappa shape index (κ3) is 2.76. The summed E-state index contributed by atoms with van der Waals surface area (Å²) >= 11 is 3.12. The Morgan fingerprint density at radius 2 is 2.18 bits per heavy atom. The molecule has 0 bridgehead atoms.